The maximum absolute atomic E-state index is 12.4. The van der Waals surface area contributed by atoms with Crippen molar-refractivity contribution in [2.45, 2.75) is 32.4 Å². The van der Waals surface area contributed by atoms with Crippen LogP contribution < -0.4 is 0 Å². The first-order chi connectivity index (χ1) is 10.1. The number of furan rings is 1. The summed E-state index contributed by atoms with van der Waals surface area (Å²) in [6.45, 7) is 6.37. The average Bonchev–Trinajstić information content (AvgIpc) is 3.04. The SMILES string of the molecule is Cc1occc1C(=O)N1CCN(C2CC(C)OC2=O)CC1. The van der Waals surface area contributed by atoms with Gasteiger partial charge in [-0.1, -0.05) is 0 Å². The number of rotatable bonds is 2. The Morgan fingerprint density at radius 1 is 1.29 bits per heavy atom. The molecular formula is C15H20N2O4. The first-order valence-electron chi connectivity index (χ1n) is 7.34. The number of piperazine rings is 1. The maximum atomic E-state index is 12.4. The number of hydrogen-bond donors (Lipinski definition) is 0. The van der Waals surface area contributed by atoms with E-state index in [1.807, 2.05) is 11.8 Å². The lowest BCUT2D eigenvalue weighted by Crippen LogP contribution is -2.53. The summed E-state index contributed by atoms with van der Waals surface area (Å²) in [5, 5.41) is 0. The number of ether oxygens (including phenoxy) is 1. The van der Waals surface area contributed by atoms with Crippen LogP contribution in [-0.4, -0.2) is 60.0 Å². The highest BCUT2D eigenvalue weighted by Crippen LogP contribution is 2.22. The van der Waals surface area contributed by atoms with Crippen LogP contribution in [0.25, 0.3) is 0 Å². The first-order valence-corrected chi connectivity index (χ1v) is 7.34. The molecular weight excluding hydrogens is 272 g/mol. The lowest BCUT2D eigenvalue weighted by molar-refractivity contribution is -0.145. The Hall–Kier alpha value is -1.82. The van der Waals surface area contributed by atoms with Gasteiger partial charge in [0.05, 0.1) is 11.8 Å². The Bertz CT molecular complexity index is 546. The third-order valence-electron chi connectivity index (χ3n) is 4.28. The second kappa shape index (κ2) is 5.52. The van der Waals surface area contributed by atoms with E-state index in [1.165, 1.54) is 6.26 Å². The summed E-state index contributed by atoms with van der Waals surface area (Å²) in [5.41, 5.74) is 0.623. The van der Waals surface area contributed by atoms with Crippen molar-refractivity contribution in [1.29, 1.82) is 0 Å². The summed E-state index contributed by atoms with van der Waals surface area (Å²) >= 11 is 0. The van der Waals surface area contributed by atoms with Crippen LogP contribution in [0.5, 0.6) is 0 Å². The summed E-state index contributed by atoms with van der Waals surface area (Å²) in [6.07, 6.45) is 2.28. The predicted octanol–water partition coefficient (Wildman–Crippen LogP) is 1.05. The van der Waals surface area contributed by atoms with E-state index in [0.29, 0.717) is 37.5 Å². The average molecular weight is 292 g/mol. The molecule has 6 nitrogen and oxygen atoms in total. The van der Waals surface area contributed by atoms with E-state index < -0.39 is 0 Å². The third kappa shape index (κ3) is 2.68. The van der Waals surface area contributed by atoms with Crippen LogP contribution in [0.1, 0.15) is 29.5 Å². The van der Waals surface area contributed by atoms with Crippen molar-refractivity contribution in [3.8, 4) is 0 Å². The highest BCUT2D eigenvalue weighted by molar-refractivity contribution is 5.95. The standard InChI is InChI=1S/C15H20N2O4/c1-10-9-13(15(19)21-10)16-4-6-17(7-5-16)14(18)12-3-8-20-11(12)2/h3,8,10,13H,4-7,9H2,1-2H3. The second-order valence-electron chi connectivity index (χ2n) is 5.72. The molecule has 1 amide bonds. The highest BCUT2D eigenvalue weighted by Gasteiger charge is 2.38. The summed E-state index contributed by atoms with van der Waals surface area (Å²) in [6, 6.07) is 1.56. The molecule has 1 aromatic rings. The zero-order valence-corrected chi connectivity index (χ0v) is 12.4. The smallest absolute Gasteiger partial charge is 0.323 e. The van der Waals surface area contributed by atoms with E-state index in [9.17, 15) is 9.59 Å². The normalized spacial score (nSPS) is 27.0. The van der Waals surface area contributed by atoms with Crippen LogP contribution in [-0.2, 0) is 9.53 Å². The van der Waals surface area contributed by atoms with Crippen LogP contribution in [0.15, 0.2) is 16.7 Å². The monoisotopic (exact) mass is 292 g/mol. The zero-order valence-electron chi connectivity index (χ0n) is 12.4. The van der Waals surface area contributed by atoms with Gasteiger partial charge >= 0.3 is 5.97 Å². The van der Waals surface area contributed by atoms with Crippen molar-refractivity contribution >= 4 is 11.9 Å². The summed E-state index contributed by atoms with van der Waals surface area (Å²) in [5.74, 6) is 0.520. The Morgan fingerprint density at radius 3 is 2.52 bits per heavy atom. The molecule has 2 aliphatic rings. The minimum Gasteiger partial charge on any atom is -0.469 e. The van der Waals surface area contributed by atoms with E-state index >= 15 is 0 Å². The molecule has 0 aromatic carbocycles. The molecule has 21 heavy (non-hydrogen) atoms. The van der Waals surface area contributed by atoms with E-state index in [-0.39, 0.29) is 24.0 Å². The van der Waals surface area contributed by atoms with Crippen LogP contribution in [0.3, 0.4) is 0 Å². The molecule has 3 rings (SSSR count). The first kappa shape index (κ1) is 14.1. The molecule has 3 heterocycles. The van der Waals surface area contributed by atoms with E-state index in [2.05, 4.69) is 4.90 Å². The van der Waals surface area contributed by atoms with E-state index in [1.54, 1.807) is 13.0 Å². The lowest BCUT2D eigenvalue weighted by Gasteiger charge is -2.36. The van der Waals surface area contributed by atoms with Crippen LogP contribution in [0.4, 0.5) is 0 Å². The number of hydrogen-bond acceptors (Lipinski definition) is 5. The largest absolute Gasteiger partial charge is 0.469 e. The van der Waals surface area contributed by atoms with Gasteiger partial charge in [0.15, 0.2) is 0 Å². The molecule has 6 heteroatoms. The van der Waals surface area contributed by atoms with Gasteiger partial charge in [-0.05, 0) is 19.9 Å². The van der Waals surface area contributed by atoms with Gasteiger partial charge in [0, 0.05) is 32.6 Å². The van der Waals surface area contributed by atoms with Crippen molar-refractivity contribution in [3.05, 3.63) is 23.7 Å². The van der Waals surface area contributed by atoms with E-state index in [0.717, 1.165) is 6.42 Å². The molecule has 0 aliphatic carbocycles. The van der Waals surface area contributed by atoms with Crippen molar-refractivity contribution < 1.29 is 18.7 Å². The number of carbonyl (C=O) groups excluding carboxylic acids is 2. The summed E-state index contributed by atoms with van der Waals surface area (Å²) in [7, 11) is 0. The Labute approximate surface area is 123 Å². The third-order valence-corrected chi connectivity index (χ3v) is 4.28. The maximum Gasteiger partial charge on any atom is 0.323 e. The minimum absolute atomic E-state index is 0.00302. The number of esters is 1. The number of nitrogens with zero attached hydrogens (tertiary/aromatic N) is 2. The molecule has 0 radical (unpaired) electrons. The van der Waals surface area contributed by atoms with Crippen LogP contribution in [0.2, 0.25) is 0 Å². The Morgan fingerprint density at radius 2 is 2.00 bits per heavy atom. The molecule has 2 saturated heterocycles. The van der Waals surface area contributed by atoms with E-state index in [4.69, 9.17) is 9.15 Å². The van der Waals surface area contributed by atoms with Crippen LogP contribution >= 0.6 is 0 Å². The topological polar surface area (TPSA) is 63.0 Å². The Kier molecular flexibility index (Phi) is 3.71. The molecule has 0 bridgehead atoms. The number of carbonyl (C=O) groups is 2. The molecule has 2 atom stereocenters. The molecule has 0 saturated carbocycles. The van der Waals surface area contributed by atoms with Crippen molar-refractivity contribution in [2.75, 3.05) is 26.2 Å². The predicted molar refractivity (Wildman–Crippen MR) is 74.9 cm³/mol. The number of cyclic esters (lactones) is 1. The van der Waals surface area contributed by atoms with Crippen molar-refractivity contribution in [1.82, 2.24) is 9.80 Å². The van der Waals surface area contributed by atoms with Gasteiger partial charge in [0.2, 0.25) is 0 Å². The van der Waals surface area contributed by atoms with Gasteiger partial charge in [0.25, 0.3) is 5.91 Å². The molecule has 2 fully saturated rings. The Balaban J connectivity index is 1.59. The van der Waals surface area contributed by atoms with Gasteiger partial charge < -0.3 is 14.1 Å². The molecule has 2 aliphatic heterocycles. The van der Waals surface area contributed by atoms with Crippen LogP contribution in [0, 0.1) is 6.92 Å². The summed E-state index contributed by atoms with van der Waals surface area (Å²) in [4.78, 5) is 28.1. The van der Waals surface area contributed by atoms with Gasteiger partial charge in [-0.2, -0.15) is 0 Å². The fraction of sp³-hybridized carbons (Fsp3) is 0.600. The van der Waals surface area contributed by atoms with Crippen molar-refractivity contribution in [3.63, 3.8) is 0 Å². The molecule has 1 aromatic heterocycles. The molecule has 0 spiro atoms. The quantitative estimate of drug-likeness (QED) is 0.762. The highest BCUT2D eigenvalue weighted by atomic mass is 16.6. The summed E-state index contributed by atoms with van der Waals surface area (Å²) < 4.78 is 10.4. The molecule has 2 unspecified atom stereocenters. The van der Waals surface area contributed by atoms with Crippen molar-refractivity contribution in [2.24, 2.45) is 0 Å². The van der Waals surface area contributed by atoms with Gasteiger partial charge in [-0.25, -0.2) is 0 Å². The molecule has 0 N–H and O–H groups in total. The van der Waals surface area contributed by atoms with Gasteiger partial charge in [-0.3, -0.25) is 14.5 Å². The fourth-order valence-corrected chi connectivity index (χ4v) is 3.05. The number of amides is 1. The van der Waals surface area contributed by atoms with Gasteiger partial charge in [-0.15, -0.1) is 0 Å². The minimum atomic E-state index is -0.145. The zero-order chi connectivity index (χ0) is 15.0. The number of aryl methyl sites for hydroxylation is 1. The van der Waals surface area contributed by atoms with Gasteiger partial charge in [0.1, 0.15) is 17.9 Å². The molecule has 114 valence electrons. The second-order valence-corrected chi connectivity index (χ2v) is 5.72. The lowest BCUT2D eigenvalue weighted by atomic mass is 10.1. The fourth-order valence-electron chi connectivity index (χ4n) is 3.05.